The molecule has 36 heavy (non-hydrogen) atoms. The third kappa shape index (κ3) is 7.19. The molecule has 0 saturated carbocycles. The molecule has 9 nitrogen and oxygen atoms in total. The Morgan fingerprint density at radius 3 is 2.25 bits per heavy atom. The summed E-state index contributed by atoms with van der Waals surface area (Å²) in [6, 6.07) is 8.09. The van der Waals surface area contributed by atoms with E-state index in [1.807, 2.05) is 38.1 Å². The number of benzene rings is 1. The van der Waals surface area contributed by atoms with Crippen molar-refractivity contribution >= 4 is 36.8 Å². The van der Waals surface area contributed by atoms with Crippen molar-refractivity contribution in [3.8, 4) is 17.0 Å². The van der Waals surface area contributed by atoms with E-state index in [2.05, 4.69) is 18.9 Å². The van der Waals surface area contributed by atoms with Gasteiger partial charge in [-0.1, -0.05) is 43.7 Å². The number of rotatable bonds is 10. The fourth-order valence-corrected chi connectivity index (χ4v) is 3.88. The zero-order chi connectivity index (χ0) is 25.0. The minimum atomic E-state index is -1.25. The molecule has 3 rings (SSSR count). The largest absolute Gasteiger partial charge is 0.480 e. The Kier molecular flexibility index (Phi) is 11.4. The van der Waals surface area contributed by atoms with E-state index in [9.17, 15) is 14.7 Å². The maximum absolute atomic E-state index is 11.7. The number of hydrogen-bond donors (Lipinski definition) is 3. The number of aromatic carboxylic acids is 1. The first-order chi connectivity index (χ1) is 16.1. The number of hydrogen-bond acceptors (Lipinski definition) is 6. The monoisotopic (exact) mass is 538 g/mol. The second-order valence-electron chi connectivity index (χ2n) is 8.68. The number of pyridine rings is 1. The van der Waals surface area contributed by atoms with Crippen molar-refractivity contribution in [3.05, 3.63) is 64.1 Å². The van der Waals surface area contributed by atoms with Crippen molar-refractivity contribution in [2.45, 2.75) is 53.8 Å². The van der Waals surface area contributed by atoms with E-state index in [0.29, 0.717) is 12.5 Å². The van der Waals surface area contributed by atoms with Crippen LogP contribution in [-0.4, -0.2) is 36.9 Å². The third-order valence-electron chi connectivity index (χ3n) is 5.45. The Hall–Kier alpha value is -3.14. The Bertz CT molecular complexity index is 1210. The standard InChI is InChI=1S/C25H30N4O5.2ClH/c1-14(2)9-21-18(10-26)23(17-7-5-15(3)6-8-17)20(16(4)27-21)13-34-24-19(25(32)33)11-29(28-24)12-22(30)31;;/h5-8,11,14H,9-10,12-13,26H2,1-4H3,(H,30,31)(H,32,33);2*1H. The maximum atomic E-state index is 11.7. The van der Waals surface area contributed by atoms with Crippen LogP contribution in [0.4, 0.5) is 0 Å². The molecular formula is C25H32Cl2N4O5. The first-order valence-electron chi connectivity index (χ1n) is 11.0. The van der Waals surface area contributed by atoms with Gasteiger partial charge in [-0.15, -0.1) is 29.9 Å². The predicted molar refractivity (Wildman–Crippen MR) is 141 cm³/mol. The number of carboxylic acids is 2. The summed E-state index contributed by atoms with van der Waals surface area (Å²) in [5.41, 5.74) is 12.4. The Morgan fingerprint density at radius 1 is 1.08 bits per heavy atom. The first kappa shape index (κ1) is 30.9. The lowest BCUT2D eigenvalue weighted by Crippen LogP contribution is -2.14. The molecule has 3 aromatic rings. The quantitative estimate of drug-likeness (QED) is 0.344. The molecule has 0 amide bonds. The van der Waals surface area contributed by atoms with Crippen LogP contribution in [0.1, 0.15) is 52.3 Å². The van der Waals surface area contributed by atoms with Crippen molar-refractivity contribution in [1.29, 1.82) is 0 Å². The van der Waals surface area contributed by atoms with Crippen molar-refractivity contribution < 1.29 is 24.5 Å². The first-order valence-corrected chi connectivity index (χ1v) is 11.0. The molecule has 196 valence electrons. The van der Waals surface area contributed by atoms with Crippen LogP contribution in [0.5, 0.6) is 5.88 Å². The zero-order valence-corrected chi connectivity index (χ0v) is 22.3. The molecule has 4 N–H and O–H groups in total. The molecule has 0 saturated heterocycles. The molecule has 0 bridgehead atoms. The van der Waals surface area contributed by atoms with E-state index in [1.54, 1.807) is 0 Å². The van der Waals surface area contributed by atoms with Crippen LogP contribution in [0.15, 0.2) is 30.5 Å². The van der Waals surface area contributed by atoms with Gasteiger partial charge in [0.1, 0.15) is 18.7 Å². The fourth-order valence-electron chi connectivity index (χ4n) is 3.88. The second kappa shape index (κ2) is 13.2. The maximum Gasteiger partial charge on any atom is 0.342 e. The van der Waals surface area contributed by atoms with E-state index >= 15 is 0 Å². The normalized spacial score (nSPS) is 10.5. The highest BCUT2D eigenvalue weighted by Crippen LogP contribution is 2.33. The Morgan fingerprint density at radius 2 is 1.72 bits per heavy atom. The van der Waals surface area contributed by atoms with E-state index < -0.39 is 18.5 Å². The van der Waals surface area contributed by atoms with Gasteiger partial charge in [0.05, 0.1) is 0 Å². The van der Waals surface area contributed by atoms with Crippen LogP contribution in [0, 0.1) is 19.8 Å². The Labute approximate surface area is 222 Å². The molecule has 0 spiro atoms. The average Bonchev–Trinajstić information content (AvgIpc) is 3.15. The van der Waals surface area contributed by atoms with Gasteiger partial charge in [-0.05, 0) is 42.9 Å². The summed E-state index contributed by atoms with van der Waals surface area (Å²) in [6.07, 6.45) is 1.92. The molecule has 0 radical (unpaired) electrons. The molecule has 1 aromatic carbocycles. The number of nitrogens with two attached hydrogens (primary N) is 1. The lowest BCUT2D eigenvalue weighted by atomic mass is 9.90. The van der Waals surface area contributed by atoms with Crippen LogP contribution >= 0.6 is 24.8 Å². The zero-order valence-electron chi connectivity index (χ0n) is 20.6. The van der Waals surface area contributed by atoms with Gasteiger partial charge < -0.3 is 20.7 Å². The number of nitrogens with zero attached hydrogens (tertiary/aromatic N) is 3. The highest BCUT2D eigenvalue weighted by molar-refractivity contribution is 5.90. The molecule has 0 unspecified atom stereocenters. The van der Waals surface area contributed by atoms with Gasteiger partial charge in [-0.3, -0.25) is 14.5 Å². The minimum Gasteiger partial charge on any atom is -0.480 e. The Balaban J connectivity index is 0.00000324. The molecule has 11 heteroatoms. The number of aryl methyl sites for hydroxylation is 2. The summed E-state index contributed by atoms with van der Waals surface area (Å²) in [5.74, 6) is -2.15. The highest BCUT2D eigenvalue weighted by Gasteiger charge is 2.22. The minimum absolute atomic E-state index is 0. The fraction of sp³-hybridized carbons (Fsp3) is 0.360. The summed E-state index contributed by atoms with van der Waals surface area (Å²) in [5, 5.41) is 22.5. The molecule has 2 heterocycles. The molecule has 0 fully saturated rings. The molecule has 0 aliphatic carbocycles. The van der Waals surface area contributed by atoms with Crippen molar-refractivity contribution in [2.75, 3.05) is 0 Å². The number of carboxylic acid groups (broad SMARTS) is 2. The van der Waals surface area contributed by atoms with E-state index in [4.69, 9.17) is 20.6 Å². The molecule has 0 aliphatic rings. The van der Waals surface area contributed by atoms with E-state index in [-0.39, 0.29) is 42.9 Å². The SMILES string of the molecule is Cc1ccc(-c2c(COc3nn(CC(=O)O)cc3C(=O)O)c(C)nc(CC(C)C)c2CN)cc1.Cl.Cl. The molecule has 0 aliphatic heterocycles. The predicted octanol–water partition coefficient (Wildman–Crippen LogP) is 4.42. The summed E-state index contributed by atoms with van der Waals surface area (Å²) in [6.45, 7) is 7.98. The van der Waals surface area contributed by atoms with Gasteiger partial charge in [0.15, 0.2) is 0 Å². The van der Waals surface area contributed by atoms with Gasteiger partial charge in [0, 0.05) is 29.7 Å². The highest BCUT2D eigenvalue weighted by atomic mass is 35.5. The van der Waals surface area contributed by atoms with Crippen LogP contribution in [-0.2, 0) is 30.9 Å². The van der Waals surface area contributed by atoms with E-state index in [0.717, 1.165) is 56.5 Å². The summed E-state index contributed by atoms with van der Waals surface area (Å²) in [7, 11) is 0. The summed E-state index contributed by atoms with van der Waals surface area (Å²) < 4.78 is 6.88. The molecule has 0 atom stereocenters. The van der Waals surface area contributed by atoms with Gasteiger partial charge in [-0.25, -0.2) is 4.79 Å². The average molecular weight is 539 g/mol. The van der Waals surface area contributed by atoms with Crippen LogP contribution in [0.3, 0.4) is 0 Å². The van der Waals surface area contributed by atoms with Gasteiger partial charge in [0.2, 0.25) is 5.88 Å². The summed E-state index contributed by atoms with van der Waals surface area (Å²) in [4.78, 5) is 27.5. The number of carbonyl (C=O) groups is 2. The smallest absolute Gasteiger partial charge is 0.342 e. The third-order valence-corrected chi connectivity index (χ3v) is 5.45. The topological polar surface area (TPSA) is 141 Å². The second-order valence-corrected chi connectivity index (χ2v) is 8.68. The van der Waals surface area contributed by atoms with Crippen molar-refractivity contribution in [2.24, 2.45) is 11.7 Å². The lowest BCUT2D eigenvalue weighted by molar-refractivity contribution is -0.137. The van der Waals surface area contributed by atoms with Crippen molar-refractivity contribution in [1.82, 2.24) is 14.8 Å². The lowest BCUT2D eigenvalue weighted by Gasteiger charge is -2.21. The van der Waals surface area contributed by atoms with Gasteiger partial charge in [-0.2, -0.15) is 0 Å². The molecular weight excluding hydrogens is 507 g/mol. The van der Waals surface area contributed by atoms with Gasteiger partial charge in [0.25, 0.3) is 0 Å². The van der Waals surface area contributed by atoms with Crippen LogP contribution in [0.2, 0.25) is 0 Å². The van der Waals surface area contributed by atoms with Crippen LogP contribution < -0.4 is 10.5 Å². The van der Waals surface area contributed by atoms with Crippen molar-refractivity contribution in [3.63, 3.8) is 0 Å². The number of aliphatic carboxylic acids is 1. The number of aromatic nitrogens is 3. The van der Waals surface area contributed by atoms with Crippen LogP contribution in [0.25, 0.3) is 11.1 Å². The van der Waals surface area contributed by atoms with E-state index in [1.165, 1.54) is 0 Å². The number of halogens is 2. The molecule has 2 aromatic heterocycles. The van der Waals surface area contributed by atoms with Gasteiger partial charge >= 0.3 is 11.9 Å². The number of ether oxygens (including phenoxy) is 1. The summed E-state index contributed by atoms with van der Waals surface area (Å²) >= 11 is 0.